The van der Waals surface area contributed by atoms with Crippen molar-refractivity contribution in [1.82, 2.24) is 10.2 Å². The standard InChI is InChI=1S/C19H15ClN4O3S/c1-2-26-16-6-4-3-5-14(16)18-23-24-19(27-18)28-11-17(25)22-15-9-13(20)8-7-12(15)10-21/h3-9H,2,11H2,1H3,(H,22,25). The van der Waals surface area contributed by atoms with Crippen LogP contribution in [-0.2, 0) is 4.79 Å². The molecule has 0 bridgehead atoms. The average Bonchev–Trinajstić information content (AvgIpc) is 3.16. The zero-order valence-electron chi connectivity index (χ0n) is 14.8. The molecule has 2 aromatic carbocycles. The SMILES string of the molecule is CCOc1ccccc1-c1nnc(SCC(=O)Nc2cc(Cl)ccc2C#N)o1. The molecule has 0 radical (unpaired) electrons. The molecule has 28 heavy (non-hydrogen) atoms. The highest BCUT2D eigenvalue weighted by atomic mass is 35.5. The third kappa shape index (κ3) is 4.82. The van der Waals surface area contributed by atoms with E-state index >= 15 is 0 Å². The summed E-state index contributed by atoms with van der Waals surface area (Å²) in [7, 11) is 0. The van der Waals surface area contributed by atoms with Gasteiger partial charge in [0.25, 0.3) is 11.1 Å². The lowest BCUT2D eigenvalue weighted by Crippen LogP contribution is -2.15. The molecule has 7 nitrogen and oxygen atoms in total. The van der Waals surface area contributed by atoms with Crippen molar-refractivity contribution in [2.45, 2.75) is 12.1 Å². The molecule has 0 aliphatic carbocycles. The fraction of sp³-hybridized carbons (Fsp3) is 0.158. The maximum absolute atomic E-state index is 12.2. The summed E-state index contributed by atoms with van der Waals surface area (Å²) in [6.45, 7) is 2.41. The van der Waals surface area contributed by atoms with Gasteiger partial charge < -0.3 is 14.5 Å². The van der Waals surface area contributed by atoms with Gasteiger partial charge in [-0.2, -0.15) is 5.26 Å². The van der Waals surface area contributed by atoms with Gasteiger partial charge in [-0.1, -0.05) is 35.5 Å². The van der Waals surface area contributed by atoms with Gasteiger partial charge in [0.2, 0.25) is 5.91 Å². The molecule has 9 heteroatoms. The van der Waals surface area contributed by atoms with Gasteiger partial charge in [0.05, 0.1) is 29.2 Å². The molecule has 0 atom stereocenters. The Morgan fingerprint density at radius 3 is 2.93 bits per heavy atom. The van der Waals surface area contributed by atoms with E-state index in [0.29, 0.717) is 40.1 Å². The first-order chi connectivity index (χ1) is 13.6. The van der Waals surface area contributed by atoms with Crippen LogP contribution in [-0.4, -0.2) is 28.5 Å². The third-order valence-electron chi connectivity index (χ3n) is 3.53. The van der Waals surface area contributed by atoms with Crippen molar-refractivity contribution in [3.63, 3.8) is 0 Å². The number of anilines is 1. The molecule has 3 aromatic rings. The number of nitriles is 1. The number of halogens is 1. The van der Waals surface area contributed by atoms with Crippen molar-refractivity contribution in [1.29, 1.82) is 5.26 Å². The monoisotopic (exact) mass is 414 g/mol. The maximum atomic E-state index is 12.2. The fourth-order valence-corrected chi connectivity index (χ4v) is 3.07. The van der Waals surface area contributed by atoms with E-state index in [4.69, 9.17) is 26.0 Å². The Hall–Kier alpha value is -3.02. The van der Waals surface area contributed by atoms with Gasteiger partial charge in [0.15, 0.2) is 0 Å². The number of benzene rings is 2. The first-order valence-electron chi connectivity index (χ1n) is 8.28. The first-order valence-corrected chi connectivity index (χ1v) is 9.65. The quantitative estimate of drug-likeness (QED) is 0.572. The predicted octanol–water partition coefficient (Wildman–Crippen LogP) is 4.39. The molecule has 1 N–H and O–H groups in total. The van der Waals surface area contributed by atoms with Gasteiger partial charge in [-0.25, -0.2) is 0 Å². The Morgan fingerprint density at radius 2 is 2.14 bits per heavy atom. The second-order valence-electron chi connectivity index (χ2n) is 5.44. The molecule has 3 rings (SSSR count). The van der Waals surface area contributed by atoms with E-state index < -0.39 is 0 Å². The minimum Gasteiger partial charge on any atom is -0.493 e. The van der Waals surface area contributed by atoms with Crippen molar-refractivity contribution in [3.05, 3.63) is 53.1 Å². The van der Waals surface area contributed by atoms with Gasteiger partial charge >= 0.3 is 0 Å². The minimum absolute atomic E-state index is 0.0339. The minimum atomic E-state index is -0.321. The predicted molar refractivity (Wildman–Crippen MR) is 106 cm³/mol. The molecular weight excluding hydrogens is 400 g/mol. The second-order valence-corrected chi connectivity index (χ2v) is 6.80. The van der Waals surface area contributed by atoms with Gasteiger partial charge in [-0.15, -0.1) is 10.2 Å². The number of ether oxygens (including phenoxy) is 1. The van der Waals surface area contributed by atoms with Crippen LogP contribution in [0, 0.1) is 11.3 Å². The summed E-state index contributed by atoms with van der Waals surface area (Å²) in [5, 5.41) is 20.4. The number of carbonyl (C=O) groups excluding carboxylic acids is 1. The summed E-state index contributed by atoms with van der Waals surface area (Å²) >= 11 is 7.01. The summed E-state index contributed by atoms with van der Waals surface area (Å²) in [4.78, 5) is 12.2. The van der Waals surface area contributed by atoms with Crippen LogP contribution < -0.4 is 10.1 Å². The lowest BCUT2D eigenvalue weighted by molar-refractivity contribution is -0.113. The number of nitrogens with zero attached hydrogens (tertiary/aromatic N) is 3. The van der Waals surface area contributed by atoms with Crippen molar-refractivity contribution in [2.24, 2.45) is 0 Å². The highest BCUT2D eigenvalue weighted by molar-refractivity contribution is 7.99. The van der Waals surface area contributed by atoms with Crippen molar-refractivity contribution >= 4 is 35.0 Å². The molecule has 0 aliphatic heterocycles. The molecule has 1 amide bonds. The van der Waals surface area contributed by atoms with E-state index in [-0.39, 0.29) is 16.9 Å². The van der Waals surface area contributed by atoms with Crippen molar-refractivity contribution in [2.75, 3.05) is 17.7 Å². The van der Waals surface area contributed by atoms with Crippen LogP contribution in [0.4, 0.5) is 5.69 Å². The van der Waals surface area contributed by atoms with Gasteiger partial charge in [0, 0.05) is 5.02 Å². The van der Waals surface area contributed by atoms with E-state index in [0.717, 1.165) is 11.8 Å². The van der Waals surface area contributed by atoms with Crippen LogP contribution in [0.2, 0.25) is 5.02 Å². The second kappa shape index (κ2) is 9.26. The maximum Gasteiger partial charge on any atom is 0.277 e. The van der Waals surface area contributed by atoms with E-state index in [9.17, 15) is 4.79 Å². The molecule has 0 unspecified atom stereocenters. The molecular formula is C19H15ClN4O3S. The molecule has 1 aromatic heterocycles. The van der Waals surface area contributed by atoms with Crippen LogP contribution in [0.3, 0.4) is 0 Å². The summed E-state index contributed by atoms with van der Waals surface area (Å²) in [5.41, 5.74) is 1.37. The van der Waals surface area contributed by atoms with Gasteiger partial charge in [-0.3, -0.25) is 4.79 Å². The normalized spacial score (nSPS) is 10.3. The largest absolute Gasteiger partial charge is 0.493 e. The van der Waals surface area contributed by atoms with Crippen LogP contribution >= 0.6 is 23.4 Å². The van der Waals surface area contributed by atoms with Crippen LogP contribution in [0.1, 0.15) is 12.5 Å². The molecule has 0 saturated heterocycles. The average molecular weight is 415 g/mol. The fourth-order valence-electron chi connectivity index (χ4n) is 2.33. The number of para-hydroxylation sites is 1. The Labute approximate surface area is 170 Å². The Morgan fingerprint density at radius 1 is 1.32 bits per heavy atom. The number of nitrogens with one attached hydrogen (secondary N) is 1. The molecule has 142 valence electrons. The molecule has 0 aliphatic rings. The van der Waals surface area contributed by atoms with Crippen molar-refractivity contribution < 1.29 is 13.9 Å². The summed E-state index contributed by atoms with van der Waals surface area (Å²) in [6.07, 6.45) is 0. The zero-order valence-corrected chi connectivity index (χ0v) is 16.4. The molecule has 0 saturated carbocycles. The number of thioether (sulfide) groups is 1. The van der Waals surface area contributed by atoms with Crippen LogP contribution in [0.5, 0.6) is 5.75 Å². The highest BCUT2D eigenvalue weighted by Crippen LogP contribution is 2.30. The highest BCUT2D eigenvalue weighted by Gasteiger charge is 2.15. The van der Waals surface area contributed by atoms with E-state index in [1.54, 1.807) is 12.1 Å². The lowest BCUT2D eigenvalue weighted by Gasteiger charge is -2.06. The van der Waals surface area contributed by atoms with E-state index in [1.807, 2.05) is 37.3 Å². The molecule has 0 fully saturated rings. The zero-order chi connectivity index (χ0) is 19.9. The summed E-state index contributed by atoms with van der Waals surface area (Å²) in [6, 6.07) is 14.0. The number of rotatable bonds is 7. The van der Waals surface area contributed by atoms with Crippen LogP contribution in [0.25, 0.3) is 11.5 Å². The number of hydrogen-bond donors (Lipinski definition) is 1. The van der Waals surface area contributed by atoms with E-state index in [1.165, 1.54) is 6.07 Å². The van der Waals surface area contributed by atoms with E-state index in [2.05, 4.69) is 15.5 Å². The van der Waals surface area contributed by atoms with Gasteiger partial charge in [0.1, 0.15) is 11.8 Å². The first kappa shape index (κ1) is 19.7. The molecule has 0 spiro atoms. The number of amides is 1. The third-order valence-corrected chi connectivity index (χ3v) is 4.58. The smallest absolute Gasteiger partial charge is 0.277 e. The molecule has 1 heterocycles. The number of hydrogen-bond acceptors (Lipinski definition) is 7. The van der Waals surface area contributed by atoms with Gasteiger partial charge in [-0.05, 0) is 37.3 Å². The number of carbonyl (C=O) groups is 1. The topological polar surface area (TPSA) is 101 Å². The number of aromatic nitrogens is 2. The Bertz CT molecular complexity index is 1030. The Kier molecular flexibility index (Phi) is 6.53. The Balaban J connectivity index is 1.64. The van der Waals surface area contributed by atoms with Crippen LogP contribution in [0.15, 0.2) is 52.1 Å². The lowest BCUT2D eigenvalue weighted by atomic mass is 10.2. The van der Waals surface area contributed by atoms with Crippen molar-refractivity contribution in [3.8, 4) is 23.3 Å². The summed E-state index contributed by atoms with van der Waals surface area (Å²) < 4.78 is 11.2. The summed E-state index contributed by atoms with van der Waals surface area (Å²) in [5.74, 6) is 0.672.